The van der Waals surface area contributed by atoms with E-state index >= 15 is 0 Å². The SMILES string of the molecule is CCCN1CCN(c2ccc(C(=O)NC(CC(C)(C)C)C(=O)N3C[C@H](C(F)F)[C@H]4OCC(=O)[C@H]43)cc2)CC1. The van der Waals surface area contributed by atoms with Crippen LogP contribution < -0.4 is 10.2 Å². The van der Waals surface area contributed by atoms with Crippen LogP contribution in [0.2, 0.25) is 0 Å². The number of amides is 2. The first-order valence-corrected chi connectivity index (χ1v) is 13.6. The van der Waals surface area contributed by atoms with Crippen molar-refractivity contribution in [3.05, 3.63) is 29.8 Å². The maximum absolute atomic E-state index is 13.7. The van der Waals surface area contributed by atoms with Crippen molar-refractivity contribution in [2.24, 2.45) is 11.3 Å². The normalized spacial score (nSPS) is 25.1. The predicted molar refractivity (Wildman–Crippen MR) is 140 cm³/mol. The summed E-state index contributed by atoms with van der Waals surface area (Å²) in [6.07, 6.45) is -2.29. The highest BCUT2D eigenvalue weighted by Crippen LogP contribution is 2.36. The van der Waals surface area contributed by atoms with Gasteiger partial charge < -0.3 is 19.9 Å². The minimum Gasteiger partial charge on any atom is -0.369 e. The summed E-state index contributed by atoms with van der Waals surface area (Å²) >= 11 is 0. The Labute approximate surface area is 223 Å². The van der Waals surface area contributed by atoms with E-state index in [1.54, 1.807) is 12.1 Å². The van der Waals surface area contributed by atoms with Crippen LogP contribution in [0.5, 0.6) is 0 Å². The molecule has 1 unspecified atom stereocenters. The number of carbonyl (C=O) groups is 3. The summed E-state index contributed by atoms with van der Waals surface area (Å²) in [7, 11) is 0. The third kappa shape index (κ3) is 6.34. The number of hydrogen-bond donors (Lipinski definition) is 1. The van der Waals surface area contributed by atoms with Gasteiger partial charge in [-0.05, 0) is 49.1 Å². The molecule has 1 aromatic rings. The molecule has 0 aromatic heterocycles. The molecule has 1 aromatic carbocycles. The number of halogens is 2. The van der Waals surface area contributed by atoms with Crippen molar-refractivity contribution in [1.82, 2.24) is 15.1 Å². The number of fused-ring (bicyclic) bond motifs is 1. The number of ketones is 1. The zero-order valence-corrected chi connectivity index (χ0v) is 22.8. The zero-order chi connectivity index (χ0) is 27.6. The van der Waals surface area contributed by atoms with Gasteiger partial charge in [-0.25, -0.2) is 8.78 Å². The summed E-state index contributed by atoms with van der Waals surface area (Å²) in [5, 5.41) is 2.83. The van der Waals surface area contributed by atoms with Crippen LogP contribution in [0.25, 0.3) is 0 Å². The summed E-state index contributed by atoms with van der Waals surface area (Å²) in [5.74, 6) is -2.54. The third-order valence-electron chi connectivity index (χ3n) is 7.66. The molecule has 0 spiro atoms. The zero-order valence-electron chi connectivity index (χ0n) is 22.8. The van der Waals surface area contributed by atoms with Crippen LogP contribution in [0.3, 0.4) is 0 Å². The lowest BCUT2D eigenvalue weighted by Gasteiger charge is -2.36. The van der Waals surface area contributed by atoms with Crippen LogP contribution in [-0.2, 0) is 14.3 Å². The van der Waals surface area contributed by atoms with Crippen molar-refractivity contribution < 1.29 is 27.9 Å². The van der Waals surface area contributed by atoms with E-state index in [0.717, 1.165) is 44.8 Å². The topological polar surface area (TPSA) is 82.2 Å². The number of nitrogens with one attached hydrogen (secondary N) is 1. The molecular formula is C28H40F2N4O4. The maximum Gasteiger partial charge on any atom is 0.251 e. The molecule has 4 rings (SSSR count). The lowest BCUT2D eigenvalue weighted by molar-refractivity contribution is -0.138. The second-order valence-electron chi connectivity index (χ2n) is 11.8. The molecule has 0 bridgehead atoms. The van der Waals surface area contributed by atoms with Gasteiger partial charge in [0.2, 0.25) is 12.3 Å². The molecule has 2 amide bonds. The van der Waals surface area contributed by atoms with Crippen LogP contribution in [0.4, 0.5) is 14.5 Å². The van der Waals surface area contributed by atoms with Crippen LogP contribution in [0, 0.1) is 11.3 Å². The van der Waals surface area contributed by atoms with Crippen molar-refractivity contribution in [2.45, 2.75) is 65.1 Å². The monoisotopic (exact) mass is 534 g/mol. The number of likely N-dealkylation sites (tertiary alicyclic amines) is 1. The smallest absolute Gasteiger partial charge is 0.251 e. The lowest BCUT2D eigenvalue weighted by atomic mass is 9.87. The first kappa shape index (κ1) is 28.4. The molecule has 8 nitrogen and oxygen atoms in total. The maximum atomic E-state index is 13.7. The molecule has 0 radical (unpaired) electrons. The Morgan fingerprint density at radius 1 is 1.11 bits per heavy atom. The molecule has 3 aliphatic heterocycles. The van der Waals surface area contributed by atoms with Crippen molar-refractivity contribution in [3.8, 4) is 0 Å². The summed E-state index contributed by atoms with van der Waals surface area (Å²) in [5.41, 5.74) is 1.12. The van der Waals surface area contributed by atoms with Crippen LogP contribution >= 0.6 is 0 Å². The van der Waals surface area contributed by atoms with Gasteiger partial charge in [0, 0.05) is 44.0 Å². The highest BCUT2D eigenvalue weighted by atomic mass is 19.3. The number of piperazine rings is 1. The summed E-state index contributed by atoms with van der Waals surface area (Å²) in [4.78, 5) is 45.2. The van der Waals surface area contributed by atoms with E-state index in [1.807, 2.05) is 32.9 Å². The summed E-state index contributed by atoms with van der Waals surface area (Å²) in [6, 6.07) is 5.33. The number of anilines is 1. The Hall–Kier alpha value is -2.59. The fourth-order valence-electron chi connectivity index (χ4n) is 5.77. The number of nitrogens with zero attached hydrogens (tertiary/aromatic N) is 3. The largest absolute Gasteiger partial charge is 0.369 e. The Morgan fingerprint density at radius 2 is 1.76 bits per heavy atom. The Bertz CT molecular complexity index is 1010. The van der Waals surface area contributed by atoms with E-state index < -0.39 is 42.3 Å². The quantitative estimate of drug-likeness (QED) is 0.553. The molecule has 10 heteroatoms. The average Bonchev–Trinajstić information content (AvgIpc) is 3.44. The number of hydrogen-bond acceptors (Lipinski definition) is 6. The Kier molecular flexibility index (Phi) is 8.72. The molecule has 3 heterocycles. The number of Topliss-reactive ketones (excluding diaryl/α,β-unsaturated/α-hetero) is 1. The van der Waals surface area contributed by atoms with Gasteiger partial charge in [-0.15, -0.1) is 0 Å². The van der Waals surface area contributed by atoms with E-state index in [9.17, 15) is 23.2 Å². The molecular weight excluding hydrogens is 494 g/mol. The Morgan fingerprint density at radius 3 is 2.34 bits per heavy atom. The number of benzene rings is 1. The van der Waals surface area contributed by atoms with E-state index in [4.69, 9.17) is 4.74 Å². The number of rotatable bonds is 8. The second kappa shape index (κ2) is 11.7. The minimum absolute atomic E-state index is 0.270. The highest BCUT2D eigenvalue weighted by molar-refractivity contribution is 5.99. The molecule has 4 atom stereocenters. The van der Waals surface area contributed by atoms with Gasteiger partial charge in [-0.3, -0.25) is 19.3 Å². The molecule has 0 aliphatic carbocycles. The van der Waals surface area contributed by atoms with Gasteiger partial charge in [0.1, 0.15) is 18.7 Å². The van der Waals surface area contributed by atoms with Crippen molar-refractivity contribution in [3.63, 3.8) is 0 Å². The van der Waals surface area contributed by atoms with Gasteiger partial charge in [0.25, 0.3) is 5.91 Å². The summed E-state index contributed by atoms with van der Waals surface area (Å²) in [6.45, 7) is 12.4. The molecule has 210 valence electrons. The molecule has 1 N–H and O–H groups in total. The average molecular weight is 535 g/mol. The van der Waals surface area contributed by atoms with Gasteiger partial charge in [-0.1, -0.05) is 27.7 Å². The third-order valence-corrected chi connectivity index (χ3v) is 7.66. The van der Waals surface area contributed by atoms with Crippen molar-refractivity contribution in [2.75, 3.05) is 50.8 Å². The van der Waals surface area contributed by atoms with Crippen molar-refractivity contribution >= 4 is 23.3 Å². The predicted octanol–water partition coefficient (Wildman–Crippen LogP) is 2.81. The number of carbonyl (C=O) groups excluding carboxylic acids is 3. The first-order valence-electron chi connectivity index (χ1n) is 13.6. The lowest BCUT2D eigenvalue weighted by Crippen LogP contribution is -2.53. The van der Waals surface area contributed by atoms with Crippen molar-refractivity contribution in [1.29, 1.82) is 0 Å². The Balaban J connectivity index is 1.45. The number of alkyl halides is 2. The first-order chi connectivity index (χ1) is 18.0. The minimum atomic E-state index is -2.71. The fraction of sp³-hybridized carbons (Fsp3) is 0.679. The van der Waals surface area contributed by atoms with Gasteiger partial charge in [-0.2, -0.15) is 0 Å². The molecule has 3 saturated heterocycles. The molecule has 38 heavy (non-hydrogen) atoms. The van der Waals surface area contributed by atoms with Gasteiger partial charge in [0.15, 0.2) is 5.78 Å². The molecule has 0 saturated carbocycles. The summed E-state index contributed by atoms with van der Waals surface area (Å²) < 4.78 is 32.7. The highest BCUT2D eigenvalue weighted by Gasteiger charge is 2.55. The second-order valence-corrected chi connectivity index (χ2v) is 11.8. The van der Waals surface area contributed by atoms with E-state index in [-0.39, 0.29) is 24.3 Å². The fourth-order valence-corrected chi connectivity index (χ4v) is 5.77. The molecule has 3 fully saturated rings. The van der Waals surface area contributed by atoms with Crippen LogP contribution in [0.1, 0.15) is 50.9 Å². The van der Waals surface area contributed by atoms with Crippen LogP contribution in [-0.4, -0.2) is 97.9 Å². The van der Waals surface area contributed by atoms with E-state index in [0.29, 0.717) is 12.0 Å². The number of ether oxygens (including phenoxy) is 1. The van der Waals surface area contributed by atoms with Crippen LogP contribution in [0.15, 0.2) is 24.3 Å². The van der Waals surface area contributed by atoms with E-state index in [1.165, 1.54) is 4.90 Å². The van der Waals surface area contributed by atoms with Gasteiger partial charge >= 0.3 is 0 Å². The molecule has 3 aliphatic rings. The van der Waals surface area contributed by atoms with Gasteiger partial charge in [0.05, 0.1) is 12.0 Å². The standard InChI is InChI=1S/C28H40F2N4O4/c1-5-10-32-11-13-33(14-12-32)19-8-6-18(7-9-19)26(36)31-21(15-28(2,3)4)27(37)34-16-20(25(29)30)24-23(34)22(35)17-38-24/h6-9,20-21,23-25H,5,10-17H2,1-4H3,(H,31,36)/t20-,21?,23+,24+/m0/s1. The van der Waals surface area contributed by atoms with E-state index in [2.05, 4.69) is 22.0 Å².